The Kier molecular flexibility index (Phi) is 5.74. The first-order valence-electron chi connectivity index (χ1n) is 7.60. The molecule has 132 valence electrons. The number of benzene rings is 2. The number of esters is 1. The second-order valence-corrected chi connectivity index (χ2v) is 5.84. The van der Waals surface area contributed by atoms with Crippen molar-refractivity contribution in [3.05, 3.63) is 59.7 Å². The second-order valence-electron chi connectivity index (χ2n) is 5.84. The maximum Gasteiger partial charge on any atom is 0.328 e. The molecule has 0 aliphatic rings. The molecule has 2 rings (SSSR count). The maximum absolute atomic E-state index is 12.4. The van der Waals surface area contributed by atoms with Crippen molar-refractivity contribution in [2.75, 3.05) is 6.61 Å². The predicted molar refractivity (Wildman–Crippen MR) is 90.9 cm³/mol. The van der Waals surface area contributed by atoms with Crippen molar-refractivity contribution < 1.29 is 24.5 Å². The first-order valence-corrected chi connectivity index (χ1v) is 7.60. The average Bonchev–Trinajstić information content (AvgIpc) is 2.63. The Labute approximate surface area is 145 Å². The van der Waals surface area contributed by atoms with Gasteiger partial charge in [0.2, 0.25) is 0 Å². The van der Waals surface area contributed by atoms with E-state index in [2.05, 4.69) is 5.43 Å². The van der Waals surface area contributed by atoms with Gasteiger partial charge in [0, 0.05) is 12.0 Å². The van der Waals surface area contributed by atoms with Crippen LogP contribution in [0.3, 0.4) is 0 Å². The SMILES string of the molecule is CC(Cc1ccc(O)c(O)c1)(NN)C(=O)OCC(=O)c1ccccc1. The molecule has 2 aromatic rings. The molecule has 0 saturated carbocycles. The molecule has 7 heteroatoms. The summed E-state index contributed by atoms with van der Waals surface area (Å²) in [5, 5.41) is 18.9. The highest BCUT2D eigenvalue weighted by molar-refractivity contribution is 5.98. The van der Waals surface area contributed by atoms with Crippen LogP contribution in [-0.4, -0.2) is 34.1 Å². The molecule has 2 aromatic carbocycles. The van der Waals surface area contributed by atoms with E-state index >= 15 is 0 Å². The third kappa shape index (κ3) is 4.56. The number of hydrogen-bond acceptors (Lipinski definition) is 7. The monoisotopic (exact) mass is 344 g/mol. The van der Waals surface area contributed by atoms with Gasteiger partial charge in [-0.2, -0.15) is 0 Å². The molecule has 0 aliphatic carbocycles. The maximum atomic E-state index is 12.4. The molecular weight excluding hydrogens is 324 g/mol. The lowest BCUT2D eigenvalue weighted by atomic mass is 9.93. The van der Waals surface area contributed by atoms with Crippen molar-refractivity contribution in [3.8, 4) is 11.5 Å². The molecule has 0 fully saturated rings. The van der Waals surface area contributed by atoms with Gasteiger partial charge in [-0.05, 0) is 24.6 Å². The summed E-state index contributed by atoms with van der Waals surface area (Å²) in [7, 11) is 0. The molecule has 0 saturated heterocycles. The van der Waals surface area contributed by atoms with Crippen LogP contribution < -0.4 is 11.3 Å². The van der Waals surface area contributed by atoms with Gasteiger partial charge in [0.1, 0.15) is 5.54 Å². The van der Waals surface area contributed by atoms with E-state index in [1.165, 1.54) is 19.1 Å². The molecule has 0 bridgehead atoms. The molecule has 0 heterocycles. The highest BCUT2D eigenvalue weighted by atomic mass is 16.5. The average molecular weight is 344 g/mol. The Bertz CT molecular complexity index is 763. The fourth-order valence-electron chi connectivity index (χ4n) is 2.27. The highest BCUT2D eigenvalue weighted by Gasteiger charge is 2.34. The molecular formula is C18H20N2O5. The molecule has 1 atom stereocenters. The zero-order chi connectivity index (χ0) is 18.4. The minimum absolute atomic E-state index is 0.0930. The number of nitrogens with two attached hydrogens (primary N) is 1. The van der Waals surface area contributed by atoms with Crippen LogP contribution in [0.25, 0.3) is 0 Å². The van der Waals surface area contributed by atoms with Gasteiger partial charge >= 0.3 is 5.97 Å². The third-order valence-corrected chi connectivity index (χ3v) is 3.80. The van der Waals surface area contributed by atoms with Crippen molar-refractivity contribution >= 4 is 11.8 Å². The van der Waals surface area contributed by atoms with E-state index in [1.54, 1.807) is 36.4 Å². The normalized spacial score (nSPS) is 13.0. The Hall–Kier alpha value is -2.90. The number of hydrogen-bond donors (Lipinski definition) is 4. The number of nitrogens with one attached hydrogen (secondary N) is 1. The van der Waals surface area contributed by atoms with E-state index < -0.39 is 18.1 Å². The van der Waals surface area contributed by atoms with E-state index in [9.17, 15) is 19.8 Å². The molecule has 5 N–H and O–H groups in total. The Balaban J connectivity index is 2.03. The largest absolute Gasteiger partial charge is 0.504 e. The first kappa shape index (κ1) is 18.4. The number of ketones is 1. The minimum atomic E-state index is -1.31. The van der Waals surface area contributed by atoms with Crippen LogP contribution in [0, 0.1) is 0 Å². The third-order valence-electron chi connectivity index (χ3n) is 3.80. The zero-order valence-corrected chi connectivity index (χ0v) is 13.7. The molecule has 0 spiro atoms. The van der Waals surface area contributed by atoms with Gasteiger partial charge in [0.25, 0.3) is 0 Å². The van der Waals surface area contributed by atoms with Gasteiger partial charge in [-0.15, -0.1) is 0 Å². The van der Waals surface area contributed by atoms with Gasteiger partial charge < -0.3 is 14.9 Å². The van der Waals surface area contributed by atoms with E-state index in [4.69, 9.17) is 10.6 Å². The number of carbonyl (C=O) groups excluding carboxylic acids is 2. The van der Waals surface area contributed by atoms with Crippen LogP contribution in [0.5, 0.6) is 11.5 Å². The van der Waals surface area contributed by atoms with Gasteiger partial charge in [-0.1, -0.05) is 36.4 Å². The predicted octanol–water partition coefficient (Wildman–Crippen LogP) is 1.29. The van der Waals surface area contributed by atoms with E-state index in [0.29, 0.717) is 11.1 Å². The number of phenols is 2. The second kappa shape index (κ2) is 7.78. The summed E-state index contributed by atoms with van der Waals surface area (Å²) in [5.74, 6) is 3.90. The number of ether oxygens (including phenoxy) is 1. The Morgan fingerprint density at radius 3 is 2.40 bits per heavy atom. The van der Waals surface area contributed by atoms with Crippen LogP contribution in [0.4, 0.5) is 0 Å². The first-order chi connectivity index (χ1) is 11.9. The van der Waals surface area contributed by atoms with Gasteiger partial charge in [-0.25, -0.2) is 10.2 Å². The number of Topliss-reactive ketones (excluding diaryl/α,β-unsaturated/α-hetero) is 1. The molecule has 25 heavy (non-hydrogen) atoms. The zero-order valence-electron chi connectivity index (χ0n) is 13.7. The van der Waals surface area contributed by atoms with Gasteiger partial charge in [0.05, 0.1) is 0 Å². The van der Waals surface area contributed by atoms with E-state index in [0.717, 1.165) is 0 Å². The van der Waals surface area contributed by atoms with Crippen molar-refractivity contribution in [1.82, 2.24) is 5.43 Å². The fraction of sp³-hybridized carbons (Fsp3) is 0.222. The summed E-state index contributed by atoms with van der Waals surface area (Å²) in [6.07, 6.45) is 0.0930. The molecule has 0 radical (unpaired) electrons. The number of hydrazine groups is 1. The van der Waals surface area contributed by atoms with E-state index in [-0.39, 0.29) is 23.7 Å². The topological polar surface area (TPSA) is 122 Å². The minimum Gasteiger partial charge on any atom is -0.504 e. The summed E-state index contributed by atoms with van der Waals surface area (Å²) in [6.45, 7) is 1.12. The number of aromatic hydroxyl groups is 2. The van der Waals surface area contributed by atoms with Crippen LogP contribution in [0.15, 0.2) is 48.5 Å². The van der Waals surface area contributed by atoms with Crippen molar-refractivity contribution in [2.45, 2.75) is 18.9 Å². The van der Waals surface area contributed by atoms with E-state index in [1.807, 2.05) is 0 Å². The van der Waals surface area contributed by atoms with Gasteiger partial charge in [-0.3, -0.25) is 10.6 Å². The summed E-state index contributed by atoms with van der Waals surface area (Å²) < 4.78 is 5.10. The van der Waals surface area contributed by atoms with Crippen molar-refractivity contribution in [3.63, 3.8) is 0 Å². The van der Waals surface area contributed by atoms with Crippen LogP contribution >= 0.6 is 0 Å². The van der Waals surface area contributed by atoms with Crippen molar-refractivity contribution in [1.29, 1.82) is 0 Å². The lowest BCUT2D eigenvalue weighted by molar-refractivity contribution is -0.149. The lowest BCUT2D eigenvalue weighted by Gasteiger charge is -2.26. The fourth-order valence-corrected chi connectivity index (χ4v) is 2.27. The number of phenolic OH excluding ortho intramolecular Hbond substituents is 2. The molecule has 0 amide bonds. The highest BCUT2D eigenvalue weighted by Crippen LogP contribution is 2.27. The summed E-state index contributed by atoms with van der Waals surface area (Å²) in [4.78, 5) is 24.4. The summed E-state index contributed by atoms with van der Waals surface area (Å²) >= 11 is 0. The smallest absolute Gasteiger partial charge is 0.328 e. The van der Waals surface area contributed by atoms with Crippen LogP contribution in [-0.2, 0) is 16.0 Å². The molecule has 1 unspecified atom stereocenters. The lowest BCUT2D eigenvalue weighted by Crippen LogP contribution is -2.55. The standard InChI is InChI=1S/C18H20N2O5/c1-18(20-19,10-12-7-8-14(21)15(22)9-12)17(24)25-11-16(23)13-5-3-2-4-6-13/h2-9,20-22H,10-11,19H2,1H3. The molecule has 0 aromatic heterocycles. The molecule has 0 aliphatic heterocycles. The Morgan fingerprint density at radius 1 is 1.12 bits per heavy atom. The number of carbonyl (C=O) groups is 2. The summed E-state index contributed by atoms with van der Waals surface area (Å²) in [6, 6.07) is 12.7. The van der Waals surface area contributed by atoms with Crippen molar-refractivity contribution in [2.24, 2.45) is 5.84 Å². The molecule has 7 nitrogen and oxygen atoms in total. The Morgan fingerprint density at radius 2 is 1.80 bits per heavy atom. The quantitative estimate of drug-likeness (QED) is 0.196. The number of rotatable bonds is 7. The van der Waals surface area contributed by atoms with Crippen LogP contribution in [0.1, 0.15) is 22.8 Å². The van der Waals surface area contributed by atoms with Crippen LogP contribution in [0.2, 0.25) is 0 Å². The van der Waals surface area contributed by atoms with Gasteiger partial charge in [0.15, 0.2) is 23.9 Å². The summed E-state index contributed by atoms with van der Waals surface area (Å²) in [5.41, 5.74) is 2.09.